The molecule has 21 heavy (non-hydrogen) atoms. The molecule has 0 bridgehead atoms. The number of aryl methyl sites for hydroxylation is 1. The minimum Gasteiger partial charge on any atom is -0.308 e. The summed E-state index contributed by atoms with van der Waals surface area (Å²) < 4.78 is 2.84. The van der Waals surface area contributed by atoms with E-state index >= 15 is 0 Å². The zero-order valence-electron chi connectivity index (χ0n) is 11.1. The van der Waals surface area contributed by atoms with E-state index in [0.29, 0.717) is 16.2 Å². The quantitative estimate of drug-likeness (QED) is 0.710. The highest BCUT2D eigenvalue weighted by Gasteiger charge is 2.09. The number of pyridine rings is 1. The molecule has 3 heterocycles. The predicted octanol–water partition coefficient (Wildman–Crippen LogP) is 1.15. The Bertz CT molecular complexity index is 991. The number of aromatic nitrogens is 3. The molecule has 0 aliphatic heterocycles. The molecule has 3 rings (SSSR count). The van der Waals surface area contributed by atoms with Crippen molar-refractivity contribution in [2.75, 3.05) is 0 Å². The highest BCUT2D eigenvalue weighted by molar-refractivity contribution is 7.15. The topological polar surface area (TPSA) is 80.2 Å². The minimum absolute atomic E-state index is 0.117. The molecule has 6 nitrogen and oxygen atoms in total. The summed E-state index contributed by atoms with van der Waals surface area (Å²) in [6, 6.07) is 5.01. The summed E-state index contributed by atoms with van der Waals surface area (Å²) in [4.78, 5) is 29.0. The van der Waals surface area contributed by atoms with Crippen molar-refractivity contribution >= 4 is 16.3 Å². The van der Waals surface area contributed by atoms with Gasteiger partial charge in [-0.05, 0) is 18.6 Å². The molecule has 104 valence electrons. The highest BCUT2D eigenvalue weighted by Crippen LogP contribution is 2.07. The van der Waals surface area contributed by atoms with Crippen molar-refractivity contribution < 1.29 is 0 Å². The van der Waals surface area contributed by atoms with E-state index in [-0.39, 0.29) is 23.2 Å². The Morgan fingerprint density at radius 2 is 2.19 bits per heavy atom. The Kier molecular flexibility index (Phi) is 3.16. The zero-order valence-corrected chi connectivity index (χ0v) is 11.9. The van der Waals surface area contributed by atoms with E-state index in [1.807, 2.05) is 6.07 Å². The van der Waals surface area contributed by atoms with Gasteiger partial charge in [-0.1, -0.05) is 0 Å². The van der Waals surface area contributed by atoms with Crippen LogP contribution in [0, 0.1) is 18.3 Å². The second-order valence-corrected chi connectivity index (χ2v) is 5.43. The molecule has 0 saturated carbocycles. The van der Waals surface area contributed by atoms with Crippen LogP contribution in [-0.4, -0.2) is 14.0 Å². The maximum absolute atomic E-state index is 12.2. The lowest BCUT2D eigenvalue weighted by Crippen LogP contribution is -2.25. The summed E-state index contributed by atoms with van der Waals surface area (Å²) in [5, 5.41) is 10.8. The molecule has 0 radical (unpaired) electrons. The Balaban J connectivity index is 2.09. The van der Waals surface area contributed by atoms with Gasteiger partial charge in [0.1, 0.15) is 11.6 Å². The largest absolute Gasteiger partial charge is 0.308 e. The SMILES string of the molecule is Cc1ccn(Cc2cc(=O)n3ccsc3n2)c(=O)c1C#N. The van der Waals surface area contributed by atoms with Crippen LogP contribution in [-0.2, 0) is 6.54 Å². The van der Waals surface area contributed by atoms with Gasteiger partial charge in [-0.2, -0.15) is 5.26 Å². The molecular formula is C14H10N4O2S. The van der Waals surface area contributed by atoms with Gasteiger partial charge in [0.25, 0.3) is 11.1 Å². The van der Waals surface area contributed by atoms with Gasteiger partial charge in [-0.15, -0.1) is 11.3 Å². The van der Waals surface area contributed by atoms with Crippen LogP contribution in [0.15, 0.2) is 39.5 Å². The lowest BCUT2D eigenvalue weighted by Gasteiger charge is -2.07. The van der Waals surface area contributed by atoms with Crippen LogP contribution in [0.2, 0.25) is 0 Å². The van der Waals surface area contributed by atoms with Crippen LogP contribution >= 0.6 is 11.3 Å². The summed E-state index contributed by atoms with van der Waals surface area (Å²) in [6.07, 6.45) is 3.27. The summed E-state index contributed by atoms with van der Waals surface area (Å²) in [5.41, 5.74) is 0.701. The first-order valence-electron chi connectivity index (χ1n) is 6.16. The molecule has 0 unspecified atom stereocenters. The van der Waals surface area contributed by atoms with Gasteiger partial charge >= 0.3 is 0 Å². The molecule has 0 amide bonds. The number of nitriles is 1. The highest BCUT2D eigenvalue weighted by atomic mass is 32.1. The third-order valence-corrected chi connectivity index (χ3v) is 3.93. The van der Waals surface area contributed by atoms with Crippen molar-refractivity contribution in [3.63, 3.8) is 0 Å². The smallest absolute Gasteiger partial charge is 0.269 e. The summed E-state index contributed by atoms with van der Waals surface area (Å²) in [5.74, 6) is 0. The Morgan fingerprint density at radius 3 is 2.95 bits per heavy atom. The standard InChI is InChI=1S/C14H10N4O2S/c1-9-2-3-17(13(20)11(9)7-15)8-10-6-12(19)18-4-5-21-14(18)16-10/h2-6H,8H2,1H3. The molecule has 0 saturated heterocycles. The molecule has 0 N–H and O–H groups in total. The maximum atomic E-state index is 12.2. The van der Waals surface area contributed by atoms with Crippen LogP contribution in [0.3, 0.4) is 0 Å². The first-order valence-corrected chi connectivity index (χ1v) is 7.04. The fourth-order valence-electron chi connectivity index (χ4n) is 2.07. The van der Waals surface area contributed by atoms with Crippen LogP contribution in [0.1, 0.15) is 16.8 Å². The Labute approximate surface area is 123 Å². The number of hydrogen-bond donors (Lipinski definition) is 0. The average molecular weight is 298 g/mol. The second-order valence-electron chi connectivity index (χ2n) is 4.56. The van der Waals surface area contributed by atoms with Crippen LogP contribution in [0.4, 0.5) is 0 Å². The van der Waals surface area contributed by atoms with E-state index in [9.17, 15) is 9.59 Å². The van der Waals surface area contributed by atoms with Gasteiger partial charge < -0.3 is 4.57 Å². The van der Waals surface area contributed by atoms with Crippen molar-refractivity contribution in [3.05, 3.63) is 67.4 Å². The van der Waals surface area contributed by atoms with E-state index in [0.717, 1.165) is 0 Å². The van der Waals surface area contributed by atoms with E-state index in [1.165, 1.54) is 26.4 Å². The van der Waals surface area contributed by atoms with E-state index < -0.39 is 0 Å². The molecule has 0 spiro atoms. The fourth-order valence-corrected chi connectivity index (χ4v) is 2.81. The van der Waals surface area contributed by atoms with Gasteiger partial charge in [0.2, 0.25) is 0 Å². The summed E-state index contributed by atoms with van der Waals surface area (Å²) in [7, 11) is 0. The van der Waals surface area contributed by atoms with E-state index in [4.69, 9.17) is 5.26 Å². The third kappa shape index (κ3) is 2.26. The van der Waals surface area contributed by atoms with E-state index in [1.54, 1.807) is 30.8 Å². The molecule has 0 aliphatic rings. The van der Waals surface area contributed by atoms with E-state index in [2.05, 4.69) is 4.98 Å². The lowest BCUT2D eigenvalue weighted by molar-refractivity contribution is 0.733. The van der Waals surface area contributed by atoms with Gasteiger partial charge in [-0.3, -0.25) is 14.0 Å². The molecule has 0 atom stereocenters. The lowest BCUT2D eigenvalue weighted by atomic mass is 10.2. The first-order chi connectivity index (χ1) is 10.1. The molecule has 0 aromatic carbocycles. The molecule has 0 fully saturated rings. The fraction of sp³-hybridized carbons (Fsp3) is 0.143. The predicted molar refractivity (Wildman–Crippen MR) is 78.6 cm³/mol. The maximum Gasteiger partial charge on any atom is 0.269 e. The van der Waals surface area contributed by atoms with Crippen molar-refractivity contribution in [1.29, 1.82) is 5.26 Å². The normalized spacial score (nSPS) is 10.7. The van der Waals surface area contributed by atoms with Gasteiger partial charge in [0.15, 0.2) is 4.96 Å². The van der Waals surface area contributed by atoms with Crippen molar-refractivity contribution in [3.8, 4) is 6.07 Å². The minimum atomic E-state index is -0.370. The summed E-state index contributed by atoms with van der Waals surface area (Å²) in [6.45, 7) is 1.88. The molecule has 0 aliphatic carbocycles. The third-order valence-electron chi connectivity index (χ3n) is 3.17. The van der Waals surface area contributed by atoms with Crippen molar-refractivity contribution in [1.82, 2.24) is 14.0 Å². The van der Waals surface area contributed by atoms with Gasteiger partial charge in [-0.25, -0.2) is 4.98 Å². The molecule has 3 aromatic heterocycles. The van der Waals surface area contributed by atoms with Crippen molar-refractivity contribution in [2.45, 2.75) is 13.5 Å². The number of rotatable bonds is 2. The van der Waals surface area contributed by atoms with Crippen molar-refractivity contribution in [2.24, 2.45) is 0 Å². The molecule has 3 aromatic rings. The van der Waals surface area contributed by atoms with Crippen LogP contribution < -0.4 is 11.1 Å². The second kappa shape index (κ2) is 5.00. The number of nitrogens with zero attached hydrogens (tertiary/aromatic N) is 4. The molecule has 7 heteroatoms. The monoisotopic (exact) mass is 298 g/mol. The summed E-state index contributed by atoms with van der Waals surface area (Å²) >= 11 is 1.35. The van der Waals surface area contributed by atoms with Crippen LogP contribution in [0.5, 0.6) is 0 Å². The Morgan fingerprint density at radius 1 is 1.38 bits per heavy atom. The molecular weight excluding hydrogens is 288 g/mol. The number of hydrogen-bond acceptors (Lipinski definition) is 5. The number of fused-ring (bicyclic) bond motifs is 1. The zero-order chi connectivity index (χ0) is 15.0. The van der Waals surface area contributed by atoms with Gasteiger partial charge in [0.05, 0.1) is 12.2 Å². The van der Waals surface area contributed by atoms with Crippen LogP contribution in [0.25, 0.3) is 4.96 Å². The first kappa shape index (κ1) is 13.3. The Hall–Kier alpha value is -2.72. The number of thiazole rings is 1. The average Bonchev–Trinajstić information content (AvgIpc) is 2.91. The van der Waals surface area contributed by atoms with Gasteiger partial charge in [0, 0.05) is 23.8 Å².